The number of hydrogen-bond acceptors (Lipinski definition) is 6. The van der Waals surface area contributed by atoms with Crippen LogP contribution >= 0.6 is 0 Å². The van der Waals surface area contributed by atoms with E-state index in [2.05, 4.69) is 15.3 Å². The molecule has 0 radical (unpaired) electrons. The molecular weight excluding hydrogens is 308 g/mol. The lowest BCUT2D eigenvalue weighted by Gasteiger charge is -2.10. The van der Waals surface area contributed by atoms with Crippen LogP contribution < -0.4 is 10.9 Å². The molecule has 0 bridgehead atoms. The zero-order chi connectivity index (χ0) is 17.1. The second-order valence-corrected chi connectivity index (χ2v) is 5.72. The summed E-state index contributed by atoms with van der Waals surface area (Å²) in [6.45, 7) is 2.87. The topological polar surface area (TPSA) is 86.1 Å². The number of pyridine rings is 1. The average molecular weight is 328 g/mol. The third-order valence-electron chi connectivity index (χ3n) is 4.04. The van der Waals surface area contributed by atoms with E-state index in [1.54, 1.807) is 29.1 Å². The number of aryl methyl sites for hydroxylation is 1. The van der Waals surface area contributed by atoms with E-state index >= 15 is 0 Å². The molecule has 7 heteroatoms. The highest BCUT2D eigenvalue weighted by Crippen LogP contribution is 2.40. The summed E-state index contributed by atoms with van der Waals surface area (Å²) in [5.41, 5.74) is 1.91. The van der Waals surface area contributed by atoms with Gasteiger partial charge in [-0.05, 0) is 31.9 Å². The molecule has 1 saturated carbocycles. The first kappa shape index (κ1) is 16.2. The SMILES string of the molecule is CCn1ccnc(NCc2ccc(C(=O)OC)c(C3CC3)n2)c1=O. The van der Waals surface area contributed by atoms with Crippen LogP contribution in [0.5, 0.6) is 0 Å². The molecule has 0 saturated heterocycles. The van der Waals surface area contributed by atoms with Crippen LogP contribution in [-0.2, 0) is 17.8 Å². The van der Waals surface area contributed by atoms with Gasteiger partial charge in [-0.2, -0.15) is 0 Å². The summed E-state index contributed by atoms with van der Waals surface area (Å²) in [6.07, 6.45) is 5.32. The number of nitrogens with zero attached hydrogens (tertiary/aromatic N) is 3. The molecule has 1 N–H and O–H groups in total. The number of carbonyl (C=O) groups is 1. The lowest BCUT2D eigenvalue weighted by molar-refractivity contribution is 0.0598. The van der Waals surface area contributed by atoms with E-state index in [-0.39, 0.29) is 11.5 Å². The summed E-state index contributed by atoms with van der Waals surface area (Å²) in [4.78, 5) is 32.7. The minimum absolute atomic E-state index is 0.159. The number of aromatic nitrogens is 3. The van der Waals surface area contributed by atoms with Crippen LogP contribution in [0.25, 0.3) is 0 Å². The monoisotopic (exact) mass is 328 g/mol. The molecule has 0 aromatic carbocycles. The van der Waals surface area contributed by atoms with Gasteiger partial charge in [0.05, 0.1) is 30.6 Å². The molecule has 2 heterocycles. The van der Waals surface area contributed by atoms with Crippen molar-refractivity contribution < 1.29 is 9.53 Å². The summed E-state index contributed by atoms with van der Waals surface area (Å²) >= 11 is 0. The van der Waals surface area contributed by atoms with Crippen LogP contribution in [-0.4, -0.2) is 27.6 Å². The van der Waals surface area contributed by atoms with E-state index in [0.29, 0.717) is 30.4 Å². The lowest BCUT2D eigenvalue weighted by atomic mass is 10.1. The molecule has 1 aliphatic carbocycles. The number of ether oxygens (including phenoxy) is 1. The van der Waals surface area contributed by atoms with Crippen LogP contribution in [0.1, 0.15) is 47.4 Å². The van der Waals surface area contributed by atoms with Crippen LogP contribution in [0, 0.1) is 0 Å². The maximum absolute atomic E-state index is 12.1. The second-order valence-electron chi connectivity index (χ2n) is 5.72. The van der Waals surface area contributed by atoms with Gasteiger partial charge in [-0.3, -0.25) is 9.78 Å². The molecule has 7 nitrogen and oxygen atoms in total. The Kier molecular flexibility index (Phi) is 4.59. The normalized spacial score (nSPS) is 13.6. The van der Waals surface area contributed by atoms with Crippen molar-refractivity contribution in [3.8, 4) is 0 Å². The van der Waals surface area contributed by atoms with E-state index < -0.39 is 0 Å². The fourth-order valence-electron chi connectivity index (χ4n) is 2.56. The van der Waals surface area contributed by atoms with Crippen molar-refractivity contribution in [3.05, 3.63) is 51.8 Å². The number of methoxy groups -OCH3 is 1. The van der Waals surface area contributed by atoms with Crippen molar-refractivity contribution >= 4 is 11.8 Å². The van der Waals surface area contributed by atoms with Crippen LogP contribution in [0.2, 0.25) is 0 Å². The highest BCUT2D eigenvalue weighted by molar-refractivity contribution is 5.90. The van der Waals surface area contributed by atoms with Gasteiger partial charge in [-0.25, -0.2) is 9.78 Å². The molecule has 126 valence electrons. The van der Waals surface area contributed by atoms with Crippen LogP contribution in [0.3, 0.4) is 0 Å². The first-order valence-corrected chi connectivity index (χ1v) is 8.01. The van der Waals surface area contributed by atoms with E-state index in [1.807, 2.05) is 6.92 Å². The van der Waals surface area contributed by atoms with Gasteiger partial charge in [0, 0.05) is 24.9 Å². The van der Waals surface area contributed by atoms with Gasteiger partial charge in [0.2, 0.25) is 0 Å². The molecule has 0 spiro atoms. The molecular formula is C17H20N4O3. The number of anilines is 1. The Morgan fingerprint density at radius 2 is 2.21 bits per heavy atom. The smallest absolute Gasteiger partial charge is 0.339 e. The molecule has 0 unspecified atom stereocenters. The van der Waals surface area contributed by atoms with Crippen molar-refractivity contribution in [2.75, 3.05) is 12.4 Å². The predicted octanol–water partition coefficient (Wildman–Crippen LogP) is 1.93. The maximum Gasteiger partial charge on any atom is 0.339 e. The third-order valence-corrected chi connectivity index (χ3v) is 4.04. The van der Waals surface area contributed by atoms with E-state index in [0.717, 1.165) is 24.2 Å². The molecule has 1 aliphatic rings. The predicted molar refractivity (Wildman–Crippen MR) is 89.0 cm³/mol. The largest absolute Gasteiger partial charge is 0.465 e. The Morgan fingerprint density at radius 1 is 1.42 bits per heavy atom. The van der Waals surface area contributed by atoms with Gasteiger partial charge in [0.1, 0.15) is 0 Å². The molecule has 0 aliphatic heterocycles. The quantitative estimate of drug-likeness (QED) is 0.816. The first-order chi connectivity index (χ1) is 11.6. The summed E-state index contributed by atoms with van der Waals surface area (Å²) in [6, 6.07) is 3.51. The standard InChI is InChI=1S/C17H20N4O3/c1-3-21-9-8-18-15(16(21)22)19-10-12-6-7-13(17(23)24-2)14(20-12)11-4-5-11/h6-9,11H,3-5,10H2,1-2H3,(H,18,19). The fourth-order valence-corrected chi connectivity index (χ4v) is 2.56. The number of carbonyl (C=O) groups excluding carboxylic acids is 1. The summed E-state index contributed by atoms with van der Waals surface area (Å²) in [7, 11) is 1.37. The number of rotatable bonds is 6. The minimum Gasteiger partial charge on any atom is -0.465 e. The summed E-state index contributed by atoms with van der Waals surface area (Å²) < 4.78 is 6.40. The number of hydrogen-bond donors (Lipinski definition) is 1. The van der Waals surface area contributed by atoms with Gasteiger partial charge in [-0.15, -0.1) is 0 Å². The van der Waals surface area contributed by atoms with E-state index in [1.165, 1.54) is 7.11 Å². The Balaban J connectivity index is 1.80. The van der Waals surface area contributed by atoms with E-state index in [4.69, 9.17) is 4.74 Å². The third kappa shape index (κ3) is 3.29. The Bertz CT molecular complexity index is 812. The Labute approximate surface area is 139 Å². The number of nitrogens with one attached hydrogen (secondary N) is 1. The molecule has 1 fully saturated rings. The van der Waals surface area contributed by atoms with Crippen molar-refractivity contribution in [3.63, 3.8) is 0 Å². The van der Waals surface area contributed by atoms with Crippen molar-refractivity contribution in [2.24, 2.45) is 0 Å². The van der Waals surface area contributed by atoms with Crippen molar-refractivity contribution in [2.45, 2.75) is 38.8 Å². The zero-order valence-electron chi connectivity index (χ0n) is 13.8. The maximum atomic E-state index is 12.1. The lowest BCUT2D eigenvalue weighted by Crippen LogP contribution is -2.23. The first-order valence-electron chi connectivity index (χ1n) is 8.01. The van der Waals surface area contributed by atoms with Gasteiger partial charge >= 0.3 is 5.97 Å². The molecule has 24 heavy (non-hydrogen) atoms. The molecule has 0 atom stereocenters. The second kappa shape index (κ2) is 6.82. The van der Waals surface area contributed by atoms with Gasteiger partial charge in [0.15, 0.2) is 5.82 Å². The average Bonchev–Trinajstić information content (AvgIpc) is 3.45. The van der Waals surface area contributed by atoms with Gasteiger partial charge < -0.3 is 14.6 Å². The summed E-state index contributed by atoms with van der Waals surface area (Å²) in [5.74, 6) is 0.261. The molecule has 2 aromatic rings. The molecule has 0 amide bonds. The van der Waals surface area contributed by atoms with E-state index in [9.17, 15) is 9.59 Å². The van der Waals surface area contributed by atoms with Crippen LogP contribution in [0.4, 0.5) is 5.82 Å². The highest BCUT2D eigenvalue weighted by atomic mass is 16.5. The van der Waals surface area contributed by atoms with Gasteiger partial charge in [-0.1, -0.05) is 0 Å². The zero-order valence-corrected chi connectivity index (χ0v) is 13.8. The Hall–Kier alpha value is -2.70. The van der Waals surface area contributed by atoms with Crippen molar-refractivity contribution in [1.82, 2.24) is 14.5 Å². The fraction of sp³-hybridized carbons (Fsp3) is 0.412. The highest BCUT2D eigenvalue weighted by Gasteiger charge is 2.30. The summed E-state index contributed by atoms with van der Waals surface area (Å²) in [5, 5.41) is 3.03. The minimum atomic E-state index is -0.362. The van der Waals surface area contributed by atoms with Gasteiger partial charge in [0.25, 0.3) is 5.56 Å². The molecule has 2 aromatic heterocycles. The van der Waals surface area contributed by atoms with Crippen LogP contribution in [0.15, 0.2) is 29.3 Å². The van der Waals surface area contributed by atoms with Crippen molar-refractivity contribution in [1.29, 1.82) is 0 Å². The number of esters is 1. The Morgan fingerprint density at radius 3 is 2.88 bits per heavy atom. The molecule has 3 rings (SSSR count).